The topological polar surface area (TPSA) is 94.4 Å². The third-order valence-corrected chi connectivity index (χ3v) is 6.10. The molecule has 9 heteroatoms. The van der Waals surface area contributed by atoms with Gasteiger partial charge in [-0.05, 0) is 48.5 Å². The number of rotatable bonds is 8. The van der Waals surface area contributed by atoms with Gasteiger partial charge >= 0.3 is 0 Å². The van der Waals surface area contributed by atoms with E-state index in [4.69, 9.17) is 14.2 Å². The Balaban J connectivity index is 1.25. The monoisotopic (exact) mass is 486 g/mol. The number of hydrogen-bond acceptors (Lipinski definition) is 6. The number of nitrogens with one attached hydrogen (secondary N) is 1. The lowest BCUT2D eigenvalue weighted by Gasteiger charge is -2.17. The third kappa shape index (κ3) is 4.81. The van der Waals surface area contributed by atoms with Crippen molar-refractivity contribution < 1.29 is 23.8 Å². The molecular weight excluding hydrogens is 460 g/mol. The van der Waals surface area contributed by atoms with E-state index in [0.29, 0.717) is 29.5 Å². The first-order chi connectivity index (χ1) is 17.5. The first kappa shape index (κ1) is 23.2. The van der Waals surface area contributed by atoms with Crippen LogP contribution in [0.1, 0.15) is 12.1 Å². The molecule has 4 aromatic rings. The van der Waals surface area contributed by atoms with Crippen molar-refractivity contribution in [3.8, 4) is 17.2 Å². The van der Waals surface area contributed by atoms with Crippen molar-refractivity contribution in [3.05, 3.63) is 78.8 Å². The van der Waals surface area contributed by atoms with E-state index in [-0.39, 0.29) is 24.8 Å². The molecule has 2 aromatic heterocycles. The number of anilines is 2. The molecule has 1 unspecified atom stereocenters. The second-order valence-corrected chi connectivity index (χ2v) is 8.45. The fourth-order valence-corrected chi connectivity index (χ4v) is 4.21. The number of pyridine rings is 1. The van der Waals surface area contributed by atoms with E-state index < -0.39 is 5.92 Å². The van der Waals surface area contributed by atoms with Crippen LogP contribution in [0, 0.1) is 5.92 Å². The van der Waals surface area contributed by atoms with Gasteiger partial charge in [0.25, 0.3) is 0 Å². The Morgan fingerprint density at radius 2 is 1.89 bits per heavy atom. The molecule has 1 saturated heterocycles. The summed E-state index contributed by atoms with van der Waals surface area (Å²) in [6, 6.07) is 18.2. The van der Waals surface area contributed by atoms with Gasteiger partial charge in [-0.3, -0.25) is 9.59 Å². The molecular formula is C27H26N4O5. The molecule has 3 heterocycles. The lowest BCUT2D eigenvalue weighted by atomic mass is 10.1. The van der Waals surface area contributed by atoms with Crippen LogP contribution in [0.25, 0.3) is 5.65 Å². The summed E-state index contributed by atoms with van der Waals surface area (Å²) in [7, 11) is 3.15. The highest BCUT2D eigenvalue weighted by Crippen LogP contribution is 2.32. The van der Waals surface area contributed by atoms with Crippen LogP contribution in [0.4, 0.5) is 11.4 Å². The minimum atomic E-state index is -0.468. The average Bonchev–Trinajstić information content (AvgIpc) is 3.51. The summed E-state index contributed by atoms with van der Waals surface area (Å²) in [5.41, 5.74) is 2.89. The van der Waals surface area contributed by atoms with Crippen LogP contribution in [-0.2, 0) is 16.2 Å². The molecule has 0 radical (unpaired) electrons. The Kier molecular flexibility index (Phi) is 6.44. The Bertz CT molecular complexity index is 1370. The van der Waals surface area contributed by atoms with Gasteiger partial charge in [0.1, 0.15) is 18.0 Å². The van der Waals surface area contributed by atoms with Gasteiger partial charge < -0.3 is 28.8 Å². The van der Waals surface area contributed by atoms with E-state index in [1.54, 1.807) is 49.5 Å². The zero-order valence-corrected chi connectivity index (χ0v) is 20.0. The maximum atomic E-state index is 13.0. The summed E-state index contributed by atoms with van der Waals surface area (Å²) in [5, 5.41) is 2.91. The Hall–Kier alpha value is -4.53. The maximum Gasteiger partial charge on any atom is 0.229 e. The molecule has 2 aromatic carbocycles. The van der Waals surface area contributed by atoms with Gasteiger partial charge in [0.05, 0.1) is 25.8 Å². The largest absolute Gasteiger partial charge is 0.497 e. The molecule has 5 rings (SSSR count). The standard InChI is InChI=1S/C27H26N4O5/c1-34-22-9-7-21(8-10-22)31-15-18(13-26(31)32)27(33)29-19-6-11-23(35-2)24(14-19)36-17-20-16-30-12-4-3-5-25(30)28-20/h3-12,14,16,18H,13,15,17H2,1-2H3,(H,29,33). The number of nitrogens with zero attached hydrogens (tertiary/aromatic N) is 3. The molecule has 1 aliphatic heterocycles. The molecule has 1 N–H and O–H groups in total. The minimum Gasteiger partial charge on any atom is -0.497 e. The van der Waals surface area contributed by atoms with Crippen molar-refractivity contribution >= 4 is 28.8 Å². The van der Waals surface area contributed by atoms with E-state index in [2.05, 4.69) is 10.3 Å². The molecule has 184 valence electrons. The molecule has 2 amide bonds. The third-order valence-electron chi connectivity index (χ3n) is 6.10. The number of carbonyl (C=O) groups excluding carboxylic acids is 2. The second kappa shape index (κ2) is 9.99. The number of carbonyl (C=O) groups is 2. The van der Waals surface area contributed by atoms with Crippen LogP contribution in [0.2, 0.25) is 0 Å². The molecule has 0 saturated carbocycles. The SMILES string of the molecule is COc1ccc(N2CC(C(=O)Nc3ccc(OC)c(OCc4cn5ccccc5n4)c3)CC2=O)cc1. The lowest BCUT2D eigenvalue weighted by Crippen LogP contribution is -2.28. The second-order valence-electron chi connectivity index (χ2n) is 8.45. The predicted molar refractivity (Wildman–Crippen MR) is 135 cm³/mol. The van der Waals surface area contributed by atoms with Crippen LogP contribution >= 0.6 is 0 Å². The number of methoxy groups -OCH3 is 2. The van der Waals surface area contributed by atoms with Gasteiger partial charge in [-0.25, -0.2) is 4.98 Å². The smallest absolute Gasteiger partial charge is 0.229 e. The maximum absolute atomic E-state index is 13.0. The number of benzene rings is 2. The molecule has 36 heavy (non-hydrogen) atoms. The minimum absolute atomic E-state index is 0.0912. The summed E-state index contributed by atoms with van der Waals surface area (Å²) in [6.45, 7) is 0.549. The van der Waals surface area contributed by atoms with Gasteiger partial charge in [0.15, 0.2) is 11.5 Å². The van der Waals surface area contributed by atoms with Gasteiger partial charge in [-0.1, -0.05) is 6.07 Å². The molecule has 1 fully saturated rings. The predicted octanol–water partition coefficient (Wildman–Crippen LogP) is 3.92. The molecule has 1 aliphatic rings. The van der Waals surface area contributed by atoms with Crippen LogP contribution in [0.5, 0.6) is 17.2 Å². The highest BCUT2D eigenvalue weighted by atomic mass is 16.5. The number of amides is 2. The average molecular weight is 487 g/mol. The van der Waals surface area contributed by atoms with Gasteiger partial charge in [0.2, 0.25) is 11.8 Å². The van der Waals surface area contributed by atoms with E-state index in [1.807, 2.05) is 47.1 Å². The van der Waals surface area contributed by atoms with Crippen LogP contribution in [0.15, 0.2) is 73.1 Å². The van der Waals surface area contributed by atoms with Crippen LogP contribution in [-0.4, -0.2) is 42.0 Å². The van der Waals surface area contributed by atoms with Crippen molar-refractivity contribution in [1.82, 2.24) is 9.38 Å². The molecule has 0 spiro atoms. The first-order valence-corrected chi connectivity index (χ1v) is 11.5. The number of ether oxygens (including phenoxy) is 3. The fraction of sp³-hybridized carbons (Fsp3) is 0.222. The zero-order valence-electron chi connectivity index (χ0n) is 20.0. The summed E-state index contributed by atoms with van der Waals surface area (Å²) in [4.78, 5) is 31.7. The highest BCUT2D eigenvalue weighted by Gasteiger charge is 2.35. The normalized spacial score (nSPS) is 15.2. The van der Waals surface area contributed by atoms with Crippen LogP contribution < -0.4 is 24.4 Å². The van der Waals surface area contributed by atoms with E-state index in [9.17, 15) is 9.59 Å². The number of hydrogen-bond donors (Lipinski definition) is 1. The van der Waals surface area contributed by atoms with E-state index in [0.717, 1.165) is 17.0 Å². The Labute approximate surface area is 208 Å². The van der Waals surface area contributed by atoms with Gasteiger partial charge in [-0.15, -0.1) is 0 Å². The van der Waals surface area contributed by atoms with Crippen molar-refractivity contribution in [2.45, 2.75) is 13.0 Å². The Morgan fingerprint density at radius 1 is 1.06 bits per heavy atom. The molecule has 0 aliphatic carbocycles. The highest BCUT2D eigenvalue weighted by molar-refractivity contribution is 6.03. The zero-order chi connectivity index (χ0) is 25.1. The van der Waals surface area contributed by atoms with E-state index in [1.165, 1.54) is 0 Å². The Morgan fingerprint density at radius 3 is 2.64 bits per heavy atom. The summed E-state index contributed by atoms with van der Waals surface area (Å²) >= 11 is 0. The lowest BCUT2D eigenvalue weighted by molar-refractivity contribution is -0.122. The van der Waals surface area contributed by atoms with Crippen molar-refractivity contribution in [1.29, 1.82) is 0 Å². The fourth-order valence-electron chi connectivity index (χ4n) is 4.21. The molecule has 0 bridgehead atoms. The van der Waals surface area contributed by atoms with Gasteiger partial charge in [0, 0.05) is 42.8 Å². The van der Waals surface area contributed by atoms with Gasteiger partial charge in [-0.2, -0.15) is 0 Å². The number of fused-ring (bicyclic) bond motifs is 1. The number of imidazole rings is 1. The summed E-state index contributed by atoms with van der Waals surface area (Å²) in [6.07, 6.45) is 3.97. The van der Waals surface area contributed by atoms with Crippen molar-refractivity contribution in [2.24, 2.45) is 5.92 Å². The summed E-state index contributed by atoms with van der Waals surface area (Å²) < 4.78 is 18.5. The van der Waals surface area contributed by atoms with E-state index >= 15 is 0 Å². The quantitative estimate of drug-likeness (QED) is 0.406. The molecule has 1 atom stereocenters. The van der Waals surface area contributed by atoms with Crippen molar-refractivity contribution in [3.63, 3.8) is 0 Å². The van der Waals surface area contributed by atoms with Crippen molar-refractivity contribution in [2.75, 3.05) is 31.0 Å². The molecule has 9 nitrogen and oxygen atoms in total. The summed E-state index contributed by atoms with van der Waals surface area (Å²) in [5.74, 6) is 0.943. The number of aromatic nitrogens is 2. The van der Waals surface area contributed by atoms with Crippen LogP contribution in [0.3, 0.4) is 0 Å². The first-order valence-electron chi connectivity index (χ1n) is 11.5.